The molecule has 1 saturated heterocycles. The van der Waals surface area contributed by atoms with Gasteiger partial charge in [-0.1, -0.05) is 13.8 Å². The summed E-state index contributed by atoms with van der Waals surface area (Å²) in [5.74, 6) is 2.14. The molecular weight excluding hydrogens is 238 g/mol. The smallest absolute Gasteiger partial charge is 0.125 e. The molecule has 4 heteroatoms. The summed E-state index contributed by atoms with van der Waals surface area (Å²) in [6.07, 6.45) is 5.63. The van der Waals surface area contributed by atoms with Gasteiger partial charge in [-0.05, 0) is 32.7 Å². The summed E-state index contributed by atoms with van der Waals surface area (Å²) in [5, 5.41) is 3.67. The summed E-state index contributed by atoms with van der Waals surface area (Å²) in [7, 11) is 2.07. The normalized spacial score (nSPS) is 32.7. The third-order valence-corrected chi connectivity index (χ3v) is 4.45. The summed E-state index contributed by atoms with van der Waals surface area (Å²) < 4.78 is 8.13. The van der Waals surface area contributed by atoms with Crippen molar-refractivity contribution in [1.29, 1.82) is 0 Å². The van der Waals surface area contributed by atoms with Crippen molar-refractivity contribution in [2.24, 2.45) is 18.9 Å². The van der Waals surface area contributed by atoms with Gasteiger partial charge in [0.2, 0.25) is 0 Å². The van der Waals surface area contributed by atoms with Gasteiger partial charge in [-0.2, -0.15) is 0 Å². The number of nitrogens with zero attached hydrogens (tertiary/aromatic N) is 2. The van der Waals surface area contributed by atoms with Gasteiger partial charge in [0.25, 0.3) is 0 Å². The van der Waals surface area contributed by atoms with Gasteiger partial charge in [-0.25, -0.2) is 4.98 Å². The molecule has 1 aromatic rings. The number of aromatic nitrogens is 2. The maximum atomic E-state index is 6.01. The van der Waals surface area contributed by atoms with Crippen molar-refractivity contribution >= 4 is 0 Å². The van der Waals surface area contributed by atoms with Crippen LogP contribution in [0.3, 0.4) is 0 Å². The summed E-state index contributed by atoms with van der Waals surface area (Å²) in [5.41, 5.74) is 0. The second kappa shape index (κ2) is 6.06. The van der Waals surface area contributed by atoms with Crippen LogP contribution in [0.25, 0.3) is 0 Å². The Morgan fingerprint density at radius 2 is 2.11 bits per heavy atom. The maximum Gasteiger partial charge on any atom is 0.125 e. The van der Waals surface area contributed by atoms with E-state index in [9.17, 15) is 0 Å². The molecule has 0 aromatic carbocycles. The molecule has 1 aliphatic heterocycles. The van der Waals surface area contributed by atoms with Crippen molar-refractivity contribution in [3.8, 4) is 0 Å². The highest BCUT2D eigenvalue weighted by Crippen LogP contribution is 2.40. The lowest BCUT2D eigenvalue weighted by Gasteiger charge is -2.29. The lowest BCUT2D eigenvalue weighted by molar-refractivity contribution is 0.0470. The van der Waals surface area contributed by atoms with Crippen molar-refractivity contribution in [3.63, 3.8) is 0 Å². The second-order valence-electron chi connectivity index (χ2n) is 5.81. The van der Waals surface area contributed by atoms with Gasteiger partial charge >= 0.3 is 0 Å². The highest BCUT2D eigenvalue weighted by atomic mass is 16.5. The quantitative estimate of drug-likeness (QED) is 0.889. The van der Waals surface area contributed by atoms with E-state index in [1.54, 1.807) is 0 Å². The van der Waals surface area contributed by atoms with Gasteiger partial charge < -0.3 is 14.6 Å². The maximum absolute atomic E-state index is 6.01. The Bertz CT molecular complexity index is 404. The molecule has 5 unspecified atom stereocenters. The highest BCUT2D eigenvalue weighted by molar-refractivity contribution is 5.05. The number of rotatable bonds is 5. The molecule has 2 heterocycles. The molecule has 1 aliphatic rings. The first kappa shape index (κ1) is 14.5. The van der Waals surface area contributed by atoms with Crippen LogP contribution in [0.2, 0.25) is 0 Å². The predicted octanol–water partition coefficient (Wildman–Crippen LogP) is 2.52. The molecule has 1 N–H and O–H groups in total. The largest absolute Gasteiger partial charge is 0.375 e. The highest BCUT2D eigenvalue weighted by Gasteiger charge is 2.43. The minimum absolute atomic E-state index is 0.273. The van der Waals surface area contributed by atoms with Crippen molar-refractivity contribution < 1.29 is 4.74 Å². The summed E-state index contributed by atoms with van der Waals surface area (Å²) in [6.45, 7) is 9.87. The number of ether oxygens (including phenoxy) is 1. The Morgan fingerprint density at radius 3 is 2.58 bits per heavy atom. The number of imidazole rings is 1. The summed E-state index contributed by atoms with van der Waals surface area (Å²) >= 11 is 0. The van der Waals surface area contributed by atoms with Gasteiger partial charge in [0.15, 0.2) is 0 Å². The number of aryl methyl sites for hydroxylation is 1. The fourth-order valence-electron chi connectivity index (χ4n) is 3.24. The van der Waals surface area contributed by atoms with Crippen molar-refractivity contribution in [1.82, 2.24) is 14.9 Å². The average molecular weight is 265 g/mol. The van der Waals surface area contributed by atoms with Gasteiger partial charge in [0.05, 0.1) is 18.2 Å². The molecule has 0 amide bonds. The van der Waals surface area contributed by atoms with E-state index in [1.807, 2.05) is 12.4 Å². The Kier molecular flexibility index (Phi) is 4.63. The molecular formula is C15H27N3O. The summed E-state index contributed by atoms with van der Waals surface area (Å²) in [4.78, 5) is 4.55. The summed E-state index contributed by atoms with van der Waals surface area (Å²) in [6, 6.07) is 0.273. The van der Waals surface area contributed by atoms with Crippen LogP contribution in [0.15, 0.2) is 12.4 Å². The SMILES string of the molecule is CCCNC(c1nccn1C)C1C(C)OC(C)C1C. The molecule has 1 fully saturated rings. The van der Waals surface area contributed by atoms with Crippen LogP contribution in [-0.2, 0) is 11.8 Å². The van der Waals surface area contributed by atoms with Gasteiger partial charge in [0.1, 0.15) is 5.82 Å². The third-order valence-electron chi connectivity index (χ3n) is 4.45. The third kappa shape index (κ3) is 2.84. The number of hydrogen-bond acceptors (Lipinski definition) is 3. The van der Waals surface area contributed by atoms with Gasteiger partial charge in [-0.3, -0.25) is 0 Å². The predicted molar refractivity (Wildman–Crippen MR) is 76.9 cm³/mol. The average Bonchev–Trinajstić information content (AvgIpc) is 2.88. The Balaban J connectivity index is 2.25. The van der Waals surface area contributed by atoms with E-state index in [4.69, 9.17) is 4.74 Å². The van der Waals surface area contributed by atoms with Crippen LogP contribution in [0.1, 0.15) is 46.0 Å². The van der Waals surface area contributed by atoms with Crippen molar-refractivity contribution in [2.45, 2.75) is 52.4 Å². The van der Waals surface area contributed by atoms with Gasteiger partial charge in [0, 0.05) is 25.4 Å². The number of hydrogen-bond donors (Lipinski definition) is 1. The van der Waals surface area contributed by atoms with E-state index in [2.05, 4.69) is 49.6 Å². The Hall–Kier alpha value is -0.870. The first-order valence-electron chi connectivity index (χ1n) is 7.42. The number of nitrogens with one attached hydrogen (secondary N) is 1. The zero-order valence-electron chi connectivity index (χ0n) is 12.8. The van der Waals surface area contributed by atoms with E-state index < -0.39 is 0 Å². The van der Waals surface area contributed by atoms with Crippen LogP contribution in [-0.4, -0.2) is 28.3 Å². The molecule has 2 rings (SSSR count). The molecule has 0 aliphatic carbocycles. The fourth-order valence-corrected chi connectivity index (χ4v) is 3.24. The van der Waals surface area contributed by atoms with Crippen LogP contribution in [0.5, 0.6) is 0 Å². The molecule has 0 spiro atoms. The zero-order chi connectivity index (χ0) is 14.0. The molecule has 19 heavy (non-hydrogen) atoms. The van der Waals surface area contributed by atoms with E-state index in [0.717, 1.165) is 18.8 Å². The topological polar surface area (TPSA) is 39.1 Å². The van der Waals surface area contributed by atoms with Crippen LogP contribution >= 0.6 is 0 Å². The van der Waals surface area contributed by atoms with Gasteiger partial charge in [-0.15, -0.1) is 0 Å². The first-order chi connectivity index (χ1) is 9.06. The van der Waals surface area contributed by atoms with Crippen molar-refractivity contribution in [3.05, 3.63) is 18.2 Å². The van der Waals surface area contributed by atoms with Crippen LogP contribution in [0.4, 0.5) is 0 Å². The lowest BCUT2D eigenvalue weighted by Crippen LogP contribution is -2.37. The molecule has 0 radical (unpaired) electrons. The Morgan fingerprint density at radius 1 is 1.37 bits per heavy atom. The molecule has 0 bridgehead atoms. The van der Waals surface area contributed by atoms with Crippen molar-refractivity contribution in [2.75, 3.05) is 6.54 Å². The first-order valence-corrected chi connectivity index (χ1v) is 7.42. The van der Waals surface area contributed by atoms with E-state index >= 15 is 0 Å². The van der Waals surface area contributed by atoms with E-state index in [1.165, 1.54) is 0 Å². The second-order valence-corrected chi connectivity index (χ2v) is 5.81. The molecule has 0 saturated carbocycles. The van der Waals surface area contributed by atoms with E-state index in [-0.39, 0.29) is 12.1 Å². The molecule has 108 valence electrons. The standard InChI is InChI=1S/C15H27N3O/c1-6-7-16-14(15-17-8-9-18(15)5)13-10(2)11(3)19-12(13)4/h8-14,16H,6-7H2,1-5H3. The minimum atomic E-state index is 0.273. The fraction of sp³-hybridized carbons (Fsp3) is 0.800. The zero-order valence-corrected chi connectivity index (χ0v) is 12.8. The minimum Gasteiger partial charge on any atom is -0.375 e. The van der Waals surface area contributed by atoms with Crippen LogP contribution in [0, 0.1) is 11.8 Å². The molecule has 5 atom stereocenters. The lowest BCUT2D eigenvalue weighted by atomic mass is 9.83. The van der Waals surface area contributed by atoms with E-state index in [0.29, 0.717) is 17.9 Å². The Labute approximate surface area is 116 Å². The van der Waals surface area contributed by atoms with Crippen LogP contribution < -0.4 is 5.32 Å². The molecule has 4 nitrogen and oxygen atoms in total. The molecule has 1 aromatic heterocycles. The monoisotopic (exact) mass is 265 g/mol.